The van der Waals surface area contributed by atoms with E-state index in [2.05, 4.69) is 46.9 Å². The van der Waals surface area contributed by atoms with Gasteiger partial charge in [0, 0.05) is 6.07 Å². The number of aromatic nitrogens is 2. The summed E-state index contributed by atoms with van der Waals surface area (Å²) in [5, 5.41) is 11.6. The van der Waals surface area contributed by atoms with E-state index in [1.54, 1.807) is 20.3 Å². The summed E-state index contributed by atoms with van der Waals surface area (Å²) in [6.45, 7) is 6.80. The summed E-state index contributed by atoms with van der Waals surface area (Å²) in [4.78, 5) is 0. The lowest BCUT2D eigenvalue weighted by Crippen LogP contribution is -2.20. The molecule has 0 bridgehead atoms. The van der Waals surface area contributed by atoms with Crippen LogP contribution in [0, 0.1) is 20.8 Å². The molecular formula is C22H26N4O2S. The van der Waals surface area contributed by atoms with Gasteiger partial charge in [-0.2, -0.15) is 5.10 Å². The van der Waals surface area contributed by atoms with Crippen molar-refractivity contribution in [3.8, 4) is 11.5 Å². The molecule has 0 saturated carbocycles. The first-order chi connectivity index (χ1) is 13.9. The van der Waals surface area contributed by atoms with Crippen LogP contribution < -0.4 is 20.1 Å². The second-order valence-electron chi connectivity index (χ2n) is 6.83. The predicted molar refractivity (Wildman–Crippen MR) is 121 cm³/mol. The molecule has 1 heterocycles. The van der Waals surface area contributed by atoms with Gasteiger partial charge in [-0.25, -0.2) is 0 Å². The molecule has 1 aromatic heterocycles. The van der Waals surface area contributed by atoms with Crippen molar-refractivity contribution in [1.82, 2.24) is 9.78 Å². The second kappa shape index (κ2) is 8.96. The van der Waals surface area contributed by atoms with Gasteiger partial charge in [0.25, 0.3) is 0 Å². The zero-order valence-electron chi connectivity index (χ0n) is 17.4. The molecule has 0 aliphatic heterocycles. The van der Waals surface area contributed by atoms with Crippen molar-refractivity contribution in [3.63, 3.8) is 0 Å². The van der Waals surface area contributed by atoms with Gasteiger partial charge in [0.2, 0.25) is 0 Å². The van der Waals surface area contributed by atoms with Crippen molar-refractivity contribution in [2.75, 3.05) is 24.9 Å². The van der Waals surface area contributed by atoms with Crippen molar-refractivity contribution >= 4 is 28.7 Å². The van der Waals surface area contributed by atoms with E-state index < -0.39 is 0 Å². The normalized spacial score (nSPS) is 10.5. The fourth-order valence-electron chi connectivity index (χ4n) is 3.07. The van der Waals surface area contributed by atoms with Crippen LogP contribution >= 0.6 is 12.2 Å². The molecule has 3 aromatic rings. The molecule has 0 aliphatic rings. The average molecular weight is 411 g/mol. The highest BCUT2D eigenvalue weighted by molar-refractivity contribution is 7.80. The minimum atomic E-state index is 0.467. The molecule has 0 unspecified atom stereocenters. The van der Waals surface area contributed by atoms with Gasteiger partial charge in [-0.05, 0) is 50.7 Å². The van der Waals surface area contributed by atoms with Gasteiger partial charge in [-0.15, -0.1) is 0 Å². The molecule has 0 atom stereocenters. The average Bonchev–Trinajstić information content (AvgIpc) is 2.97. The summed E-state index contributed by atoms with van der Waals surface area (Å²) in [6.07, 6.45) is 0. The molecule has 3 rings (SSSR count). The van der Waals surface area contributed by atoms with Gasteiger partial charge in [-0.3, -0.25) is 4.68 Å². The van der Waals surface area contributed by atoms with Crippen LogP contribution in [0.5, 0.6) is 11.5 Å². The lowest BCUT2D eigenvalue weighted by molar-refractivity contribution is 0.395. The number of nitrogens with zero attached hydrogens (tertiary/aromatic N) is 2. The fourth-order valence-corrected chi connectivity index (χ4v) is 3.28. The van der Waals surface area contributed by atoms with Crippen LogP contribution in [0.1, 0.15) is 22.5 Å². The number of hydrogen-bond donors (Lipinski definition) is 2. The molecule has 7 heteroatoms. The van der Waals surface area contributed by atoms with Crippen LogP contribution in [0.4, 0.5) is 11.4 Å². The lowest BCUT2D eigenvalue weighted by Gasteiger charge is -2.14. The second-order valence-corrected chi connectivity index (χ2v) is 7.24. The van der Waals surface area contributed by atoms with Crippen LogP contribution in [-0.2, 0) is 6.54 Å². The van der Waals surface area contributed by atoms with E-state index in [4.69, 9.17) is 21.7 Å². The molecule has 2 N–H and O–H groups in total. The van der Waals surface area contributed by atoms with E-state index in [0.717, 1.165) is 28.5 Å². The van der Waals surface area contributed by atoms with Crippen molar-refractivity contribution in [2.24, 2.45) is 0 Å². The summed E-state index contributed by atoms with van der Waals surface area (Å²) >= 11 is 5.51. The molecule has 0 amide bonds. The van der Waals surface area contributed by atoms with E-state index in [-0.39, 0.29) is 0 Å². The predicted octanol–water partition coefficient (Wildman–Crippen LogP) is 4.68. The zero-order chi connectivity index (χ0) is 21.0. The molecule has 2 aromatic carbocycles. The molecule has 0 aliphatic carbocycles. The number of thiocarbonyl (C=S) groups is 1. The quantitative estimate of drug-likeness (QED) is 0.575. The summed E-state index contributed by atoms with van der Waals surface area (Å²) in [7, 11) is 3.23. The highest BCUT2D eigenvalue weighted by atomic mass is 32.1. The summed E-state index contributed by atoms with van der Waals surface area (Å²) in [5.41, 5.74) is 6.02. The molecule has 152 valence electrons. The Kier molecular flexibility index (Phi) is 6.39. The number of methoxy groups -OCH3 is 2. The van der Waals surface area contributed by atoms with Crippen molar-refractivity contribution in [3.05, 3.63) is 65.0 Å². The minimum Gasteiger partial charge on any atom is -0.497 e. The monoisotopic (exact) mass is 410 g/mol. The Morgan fingerprint density at radius 1 is 1.00 bits per heavy atom. The summed E-state index contributed by atoms with van der Waals surface area (Å²) in [6, 6.07) is 14.0. The molecule has 0 fully saturated rings. The fraction of sp³-hybridized carbons (Fsp3) is 0.273. The largest absolute Gasteiger partial charge is 0.497 e. The number of benzene rings is 2. The number of rotatable bonds is 6. The third-order valence-corrected chi connectivity index (χ3v) is 4.93. The topological polar surface area (TPSA) is 60.3 Å². The van der Waals surface area contributed by atoms with Crippen LogP contribution in [0.3, 0.4) is 0 Å². The van der Waals surface area contributed by atoms with Crippen molar-refractivity contribution < 1.29 is 9.47 Å². The molecule has 29 heavy (non-hydrogen) atoms. The Labute approximate surface area is 176 Å². The third kappa shape index (κ3) is 4.86. The first-order valence-corrected chi connectivity index (χ1v) is 9.71. The number of aryl methyl sites for hydroxylation is 2. The molecule has 0 spiro atoms. The molecule has 0 radical (unpaired) electrons. The Morgan fingerprint density at radius 3 is 2.38 bits per heavy atom. The van der Waals surface area contributed by atoms with Crippen LogP contribution in [-0.4, -0.2) is 29.1 Å². The van der Waals surface area contributed by atoms with Crippen molar-refractivity contribution in [2.45, 2.75) is 27.3 Å². The maximum absolute atomic E-state index is 5.51. The smallest absolute Gasteiger partial charge is 0.175 e. The summed E-state index contributed by atoms with van der Waals surface area (Å²) < 4.78 is 12.6. The van der Waals surface area contributed by atoms with E-state index in [1.165, 1.54) is 11.1 Å². The SMILES string of the molecule is COc1ccc(NC(=S)Nc2c(C)nn(Cc3ccc(C)cc3)c2C)c(OC)c1. The standard InChI is InChI=1S/C22H26N4O2S/c1-14-6-8-17(9-7-14)13-26-16(3)21(15(2)25-26)24-22(29)23-19-11-10-18(27-4)12-20(19)28-5/h6-12H,13H2,1-5H3,(H2,23,24,29). The van der Waals surface area contributed by atoms with E-state index >= 15 is 0 Å². The van der Waals surface area contributed by atoms with Gasteiger partial charge in [0.1, 0.15) is 11.5 Å². The van der Waals surface area contributed by atoms with Gasteiger partial charge < -0.3 is 20.1 Å². The third-order valence-electron chi connectivity index (χ3n) is 4.73. The Morgan fingerprint density at radius 2 is 1.72 bits per heavy atom. The van der Waals surface area contributed by atoms with Gasteiger partial charge in [0.05, 0.1) is 43.5 Å². The number of nitrogens with one attached hydrogen (secondary N) is 2. The van der Waals surface area contributed by atoms with Gasteiger partial charge in [0.15, 0.2) is 5.11 Å². The molecule has 6 nitrogen and oxygen atoms in total. The van der Waals surface area contributed by atoms with Gasteiger partial charge in [-0.1, -0.05) is 29.8 Å². The summed E-state index contributed by atoms with van der Waals surface area (Å²) in [5.74, 6) is 1.37. The Bertz CT molecular complexity index is 1010. The van der Waals surface area contributed by atoms with Crippen LogP contribution in [0.15, 0.2) is 42.5 Å². The van der Waals surface area contributed by atoms with E-state index in [9.17, 15) is 0 Å². The molecular weight excluding hydrogens is 384 g/mol. The van der Waals surface area contributed by atoms with Gasteiger partial charge >= 0.3 is 0 Å². The maximum Gasteiger partial charge on any atom is 0.175 e. The number of ether oxygens (including phenoxy) is 2. The highest BCUT2D eigenvalue weighted by Gasteiger charge is 2.14. The van der Waals surface area contributed by atoms with Crippen molar-refractivity contribution in [1.29, 1.82) is 0 Å². The van der Waals surface area contributed by atoms with Crippen LogP contribution in [0.2, 0.25) is 0 Å². The molecule has 0 saturated heterocycles. The Hall–Kier alpha value is -3.06. The minimum absolute atomic E-state index is 0.467. The van der Waals surface area contributed by atoms with Crippen LogP contribution in [0.25, 0.3) is 0 Å². The zero-order valence-corrected chi connectivity index (χ0v) is 18.2. The lowest BCUT2D eigenvalue weighted by atomic mass is 10.1. The van der Waals surface area contributed by atoms with E-state index in [0.29, 0.717) is 17.4 Å². The maximum atomic E-state index is 5.51. The Balaban J connectivity index is 1.74. The first kappa shape index (κ1) is 20.7. The van der Waals surface area contributed by atoms with E-state index in [1.807, 2.05) is 30.7 Å². The number of hydrogen-bond acceptors (Lipinski definition) is 4. The number of anilines is 2. The first-order valence-electron chi connectivity index (χ1n) is 9.31. The highest BCUT2D eigenvalue weighted by Crippen LogP contribution is 2.29.